The van der Waals surface area contributed by atoms with E-state index in [1.54, 1.807) is 16.8 Å². The molecule has 0 unspecified atom stereocenters. The summed E-state index contributed by atoms with van der Waals surface area (Å²) in [7, 11) is 2.24. The first-order chi connectivity index (χ1) is 10.2. The lowest BCUT2D eigenvalue weighted by atomic mass is 9.70. The molecule has 4 nitrogen and oxygen atoms in total. The fraction of sp³-hybridized carbons (Fsp3) is 0.250. The topological polar surface area (TPSA) is 48.3 Å². The number of aryl methyl sites for hydroxylation is 2. The number of carbonyl (C=O) groups excluding carboxylic acids is 1. The molecule has 0 amide bonds. The van der Waals surface area contributed by atoms with Crippen LogP contribution < -0.4 is 11.0 Å². The zero-order valence-electron chi connectivity index (χ0n) is 12.3. The molecule has 2 aromatic rings. The van der Waals surface area contributed by atoms with Gasteiger partial charge in [-0.2, -0.15) is 0 Å². The molecule has 0 bridgehead atoms. The van der Waals surface area contributed by atoms with Gasteiger partial charge in [-0.1, -0.05) is 42.1 Å². The van der Waals surface area contributed by atoms with Crippen molar-refractivity contribution >= 4 is 18.7 Å². The summed E-state index contributed by atoms with van der Waals surface area (Å²) < 4.78 is 6.17. The molecule has 0 saturated heterocycles. The molecule has 5 heteroatoms. The highest BCUT2D eigenvalue weighted by Crippen LogP contribution is 2.00. The summed E-state index contributed by atoms with van der Waals surface area (Å²) in [5.74, 6) is -0.594. The van der Waals surface area contributed by atoms with Crippen LogP contribution in [0.4, 0.5) is 0 Å². The molecule has 0 saturated carbocycles. The van der Waals surface area contributed by atoms with E-state index in [-0.39, 0.29) is 11.1 Å². The number of hydrogen-bond acceptors (Lipinski definition) is 3. The van der Waals surface area contributed by atoms with Gasteiger partial charge in [0, 0.05) is 12.7 Å². The second kappa shape index (κ2) is 6.93. The van der Waals surface area contributed by atoms with Gasteiger partial charge in [0.1, 0.15) is 5.56 Å². The summed E-state index contributed by atoms with van der Waals surface area (Å²) in [5.41, 5.74) is 2.28. The number of methoxy groups -OCH3 is 1. The molecule has 1 heterocycles. The van der Waals surface area contributed by atoms with E-state index in [1.807, 2.05) is 12.1 Å². The van der Waals surface area contributed by atoms with Crippen molar-refractivity contribution in [1.29, 1.82) is 0 Å². The Morgan fingerprint density at radius 3 is 2.71 bits per heavy atom. The maximum absolute atomic E-state index is 12.2. The highest BCUT2D eigenvalue weighted by atomic mass is 16.5. The second-order valence-electron chi connectivity index (χ2n) is 4.78. The number of benzene rings is 1. The molecular weight excluding hydrogens is 265 g/mol. The third-order valence-corrected chi connectivity index (χ3v) is 3.55. The number of nitrogens with zero attached hydrogens (tertiary/aromatic N) is 1. The summed E-state index contributed by atoms with van der Waals surface area (Å²) in [6.45, 7) is 2.66. The van der Waals surface area contributed by atoms with Gasteiger partial charge < -0.3 is 9.30 Å². The second-order valence-corrected chi connectivity index (χ2v) is 4.78. The van der Waals surface area contributed by atoms with E-state index in [9.17, 15) is 9.59 Å². The van der Waals surface area contributed by atoms with E-state index < -0.39 is 5.97 Å². The van der Waals surface area contributed by atoms with Gasteiger partial charge in [-0.15, -0.1) is 0 Å². The smallest absolute Gasteiger partial charge is 0.343 e. The Hall–Kier alpha value is -2.30. The lowest BCUT2D eigenvalue weighted by Gasteiger charge is -2.10. The van der Waals surface area contributed by atoms with Gasteiger partial charge >= 0.3 is 5.97 Å². The summed E-state index contributed by atoms with van der Waals surface area (Å²) in [5, 5.41) is 0. The van der Waals surface area contributed by atoms with Crippen LogP contribution in [-0.2, 0) is 17.7 Å². The van der Waals surface area contributed by atoms with Gasteiger partial charge in [0.05, 0.1) is 7.11 Å². The third kappa shape index (κ3) is 3.43. The number of carbonyl (C=O) groups is 1. The first kappa shape index (κ1) is 15.1. The van der Waals surface area contributed by atoms with E-state index in [0.29, 0.717) is 6.54 Å². The molecule has 0 spiro atoms. The Balaban J connectivity index is 2.21. The Bertz CT molecular complexity index is 694. The number of ether oxygens (including phenoxy) is 1. The molecule has 0 fully saturated rings. The minimum atomic E-state index is -0.594. The van der Waals surface area contributed by atoms with E-state index in [0.717, 1.165) is 13.7 Å². The van der Waals surface area contributed by atoms with Crippen molar-refractivity contribution in [3.05, 3.63) is 64.1 Å². The lowest BCUT2D eigenvalue weighted by molar-refractivity contribution is 0.0598. The van der Waals surface area contributed by atoms with Crippen molar-refractivity contribution in [1.82, 2.24) is 4.57 Å². The predicted octanol–water partition coefficient (Wildman–Crippen LogP) is 0.987. The fourth-order valence-electron chi connectivity index (χ4n) is 2.37. The minimum absolute atomic E-state index is 0.0729. The van der Waals surface area contributed by atoms with E-state index in [2.05, 4.69) is 23.7 Å². The summed E-state index contributed by atoms with van der Waals surface area (Å²) in [4.78, 5) is 23.7. The van der Waals surface area contributed by atoms with Crippen molar-refractivity contribution in [2.45, 2.75) is 19.8 Å². The van der Waals surface area contributed by atoms with Gasteiger partial charge in [-0.05, 0) is 18.6 Å². The van der Waals surface area contributed by atoms with Crippen LogP contribution in [0.15, 0.2) is 47.4 Å². The zero-order chi connectivity index (χ0) is 15.2. The Morgan fingerprint density at radius 2 is 2.00 bits per heavy atom. The first-order valence-corrected chi connectivity index (χ1v) is 7.02. The molecule has 0 atom stereocenters. The molecular formula is C16H18BNO3. The van der Waals surface area contributed by atoms with E-state index in [4.69, 9.17) is 0 Å². The number of aromatic nitrogens is 1. The van der Waals surface area contributed by atoms with Crippen molar-refractivity contribution in [2.75, 3.05) is 7.11 Å². The highest BCUT2D eigenvalue weighted by Gasteiger charge is 2.12. The monoisotopic (exact) mass is 283 g/mol. The van der Waals surface area contributed by atoms with E-state index in [1.165, 1.54) is 24.2 Å². The van der Waals surface area contributed by atoms with Crippen LogP contribution in [0.5, 0.6) is 0 Å². The molecule has 0 aliphatic carbocycles. The maximum atomic E-state index is 12.2. The Morgan fingerprint density at radius 1 is 1.24 bits per heavy atom. The Labute approximate surface area is 124 Å². The van der Waals surface area contributed by atoms with Crippen molar-refractivity contribution in [2.24, 2.45) is 0 Å². The zero-order valence-corrected chi connectivity index (χ0v) is 12.3. The Kier molecular flexibility index (Phi) is 4.98. The highest BCUT2D eigenvalue weighted by molar-refractivity contribution is 6.52. The maximum Gasteiger partial charge on any atom is 0.343 e. The summed E-state index contributed by atoms with van der Waals surface area (Å²) >= 11 is 0. The van der Waals surface area contributed by atoms with Crippen molar-refractivity contribution in [3.8, 4) is 0 Å². The lowest BCUT2D eigenvalue weighted by Crippen LogP contribution is -2.28. The molecule has 0 aliphatic rings. The molecule has 1 aromatic heterocycles. The van der Waals surface area contributed by atoms with Crippen molar-refractivity contribution in [3.63, 3.8) is 0 Å². The van der Waals surface area contributed by atoms with Crippen LogP contribution in [0.3, 0.4) is 0 Å². The molecule has 21 heavy (non-hydrogen) atoms. The van der Waals surface area contributed by atoms with Gasteiger partial charge in [-0.3, -0.25) is 4.79 Å². The number of esters is 1. The largest absolute Gasteiger partial charge is 0.465 e. The van der Waals surface area contributed by atoms with Crippen LogP contribution in [0.1, 0.15) is 15.9 Å². The number of hydrogen-bond donors (Lipinski definition) is 0. The van der Waals surface area contributed by atoms with Gasteiger partial charge in [-0.25, -0.2) is 4.79 Å². The van der Waals surface area contributed by atoms with Crippen LogP contribution in [-0.4, -0.2) is 24.9 Å². The summed E-state index contributed by atoms with van der Waals surface area (Å²) in [6.07, 6.45) is 2.46. The SMILES string of the molecule is CBc1ccccc1CCn1cccc(C(=O)OC)c1=O. The van der Waals surface area contributed by atoms with Crippen LogP contribution >= 0.6 is 0 Å². The molecule has 0 radical (unpaired) electrons. The predicted molar refractivity (Wildman–Crippen MR) is 84.8 cm³/mol. The van der Waals surface area contributed by atoms with Crippen LogP contribution in [0.2, 0.25) is 6.82 Å². The minimum Gasteiger partial charge on any atom is -0.465 e. The van der Waals surface area contributed by atoms with Gasteiger partial charge in [0.15, 0.2) is 7.28 Å². The van der Waals surface area contributed by atoms with Crippen LogP contribution in [0.25, 0.3) is 0 Å². The quantitative estimate of drug-likeness (QED) is 0.607. The molecule has 0 N–H and O–H groups in total. The van der Waals surface area contributed by atoms with Crippen molar-refractivity contribution < 1.29 is 9.53 Å². The van der Waals surface area contributed by atoms with Crippen LogP contribution in [0, 0.1) is 0 Å². The normalized spacial score (nSPS) is 10.2. The summed E-state index contributed by atoms with van der Waals surface area (Å²) in [6, 6.07) is 11.4. The molecule has 2 rings (SSSR count). The van der Waals surface area contributed by atoms with E-state index >= 15 is 0 Å². The average Bonchev–Trinajstić information content (AvgIpc) is 2.53. The third-order valence-electron chi connectivity index (χ3n) is 3.55. The first-order valence-electron chi connectivity index (χ1n) is 7.02. The number of rotatable bonds is 5. The average molecular weight is 283 g/mol. The fourth-order valence-corrected chi connectivity index (χ4v) is 2.37. The molecule has 108 valence electrons. The number of pyridine rings is 1. The molecule has 0 aliphatic heterocycles. The standard InChI is InChI=1S/C16H18BNO3/c1-17-14-8-4-3-6-12(14)9-11-18-10-5-7-13(15(18)19)16(20)21-2/h3-8,10,17H,9,11H2,1-2H3. The van der Waals surface area contributed by atoms with Gasteiger partial charge in [0.25, 0.3) is 5.56 Å². The molecule has 1 aromatic carbocycles. The van der Waals surface area contributed by atoms with Gasteiger partial charge in [0.2, 0.25) is 0 Å².